The van der Waals surface area contributed by atoms with Crippen LogP contribution in [0.15, 0.2) is 82.8 Å². The summed E-state index contributed by atoms with van der Waals surface area (Å²) < 4.78 is 0. The van der Waals surface area contributed by atoms with Crippen LogP contribution in [0.2, 0.25) is 0 Å². The van der Waals surface area contributed by atoms with E-state index in [0.29, 0.717) is 11.1 Å². The third-order valence-electron chi connectivity index (χ3n) is 4.57. The molecule has 3 aromatic carbocycles. The molecule has 0 aliphatic rings. The SMILES string of the molecule is O=C(O)c1ccc(CN=C([O-])c2cccc(C([O-])=NCc3ccc(C(=O)O)cc3)c2)cc1.[Na+].[Na+]. The Hall–Kier alpha value is -2.46. The van der Waals surface area contributed by atoms with Gasteiger partial charge in [-0.1, -0.05) is 42.5 Å². The molecule has 10 heteroatoms. The second kappa shape index (κ2) is 14.1. The van der Waals surface area contributed by atoms with Crippen LogP contribution in [-0.4, -0.2) is 33.9 Å². The van der Waals surface area contributed by atoms with E-state index in [-0.39, 0.29) is 94.5 Å². The number of aliphatic imine (C=N–C) groups is 2. The molecule has 3 aromatic rings. The van der Waals surface area contributed by atoms with Crippen LogP contribution in [0.3, 0.4) is 0 Å². The Kier molecular flexibility index (Phi) is 12.2. The molecule has 8 nitrogen and oxygen atoms in total. The molecule has 0 aromatic heterocycles. The van der Waals surface area contributed by atoms with Crippen molar-refractivity contribution in [1.82, 2.24) is 0 Å². The van der Waals surface area contributed by atoms with Crippen molar-refractivity contribution in [2.45, 2.75) is 13.1 Å². The third kappa shape index (κ3) is 8.39. The van der Waals surface area contributed by atoms with Gasteiger partial charge in [-0.05, 0) is 64.4 Å². The number of hydrogen-bond acceptors (Lipinski definition) is 6. The maximum absolute atomic E-state index is 12.4. The van der Waals surface area contributed by atoms with Gasteiger partial charge < -0.3 is 20.4 Å². The molecule has 0 aliphatic heterocycles. The van der Waals surface area contributed by atoms with Crippen LogP contribution in [0.25, 0.3) is 0 Å². The van der Waals surface area contributed by atoms with Gasteiger partial charge in [0, 0.05) is 0 Å². The van der Waals surface area contributed by atoms with Gasteiger partial charge in [0.05, 0.1) is 24.2 Å². The molecule has 0 saturated carbocycles. The summed E-state index contributed by atoms with van der Waals surface area (Å²) in [5, 5.41) is 42.6. The summed E-state index contributed by atoms with van der Waals surface area (Å²) in [6.45, 7) is 0.154. The average molecular weight is 476 g/mol. The third-order valence-corrected chi connectivity index (χ3v) is 4.57. The number of carbonyl (C=O) groups is 2. The van der Waals surface area contributed by atoms with Gasteiger partial charge in [-0.2, -0.15) is 0 Å². The standard InChI is InChI=1S/C24H20N2O6.2Na/c27-21(25-13-15-4-8-17(9-5-15)23(29)30)19-2-1-3-20(12-19)22(28)26-14-16-6-10-18(11-7-16)24(31)32;;/h1-12H,13-14H2,(H,25,27)(H,26,28)(H,29,30)(H,31,32);;/q;2*+1/p-2. The maximum atomic E-state index is 12.4. The number of hydrogen-bond donors (Lipinski definition) is 2. The smallest absolute Gasteiger partial charge is 0.858 e. The minimum Gasteiger partial charge on any atom is -0.858 e. The summed E-state index contributed by atoms with van der Waals surface area (Å²) in [4.78, 5) is 29.7. The Balaban J connectivity index is 0.00000289. The predicted octanol–water partition coefficient (Wildman–Crippen LogP) is -4.29. The molecule has 0 saturated heterocycles. The Labute approximate surface area is 240 Å². The van der Waals surface area contributed by atoms with Crippen molar-refractivity contribution in [2.24, 2.45) is 9.98 Å². The van der Waals surface area contributed by atoms with Crippen LogP contribution in [0.4, 0.5) is 0 Å². The molecule has 0 fully saturated rings. The zero-order valence-electron chi connectivity index (χ0n) is 18.8. The van der Waals surface area contributed by atoms with Crippen LogP contribution in [0, 0.1) is 0 Å². The fraction of sp³-hybridized carbons (Fsp3) is 0.0833. The second-order valence-corrected chi connectivity index (χ2v) is 6.83. The van der Waals surface area contributed by atoms with Gasteiger partial charge in [-0.15, -0.1) is 0 Å². The van der Waals surface area contributed by atoms with Gasteiger partial charge in [-0.3, -0.25) is 9.98 Å². The topological polar surface area (TPSA) is 145 Å². The van der Waals surface area contributed by atoms with Gasteiger partial charge in [0.15, 0.2) is 0 Å². The van der Waals surface area contributed by atoms with Crippen LogP contribution in [0.5, 0.6) is 0 Å². The molecule has 2 N–H and O–H groups in total. The first-order valence-corrected chi connectivity index (χ1v) is 9.51. The number of carboxylic acids is 2. The number of aromatic carboxylic acids is 2. The molecular formula is C24H18N2Na2O6. The summed E-state index contributed by atoms with van der Waals surface area (Å²) in [7, 11) is 0. The van der Waals surface area contributed by atoms with Crippen LogP contribution >= 0.6 is 0 Å². The molecule has 0 bridgehead atoms. The molecule has 0 unspecified atom stereocenters. The first-order valence-electron chi connectivity index (χ1n) is 9.51. The van der Waals surface area contributed by atoms with E-state index in [1.54, 1.807) is 42.5 Å². The summed E-state index contributed by atoms with van der Waals surface area (Å²) in [6, 6.07) is 18.2. The van der Waals surface area contributed by atoms with Crippen molar-refractivity contribution < 1.29 is 89.1 Å². The van der Waals surface area contributed by atoms with E-state index in [9.17, 15) is 19.8 Å². The molecule has 0 aliphatic carbocycles. The minimum atomic E-state index is -1.03. The molecule has 34 heavy (non-hydrogen) atoms. The zero-order chi connectivity index (χ0) is 23.1. The van der Waals surface area contributed by atoms with Gasteiger partial charge in [0.25, 0.3) is 0 Å². The van der Waals surface area contributed by atoms with Gasteiger partial charge >= 0.3 is 71.1 Å². The number of benzene rings is 3. The molecule has 0 atom stereocenters. The predicted molar refractivity (Wildman–Crippen MR) is 114 cm³/mol. The van der Waals surface area contributed by atoms with E-state index in [0.717, 1.165) is 0 Å². The largest absolute Gasteiger partial charge is 1.00 e. The van der Waals surface area contributed by atoms with Crippen LogP contribution in [0.1, 0.15) is 43.0 Å². The van der Waals surface area contributed by atoms with Gasteiger partial charge in [0.2, 0.25) is 0 Å². The van der Waals surface area contributed by atoms with E-state index < -0.39 is 23.7 Å². The molecule has 0 amide bonds. The fourth-order valence-corrected chi connectivity index (χ4v) is 2.80. The summed E-state index contributed by atoms with van der Waals surface area (Å²) in [5.74, 6) is -3.08. The van der Waals surface area contributed by atoms with E-state index in [2.05, 4.69) is 9.98 Å². The van der Waals surface area contributed by atoms with Crippen molar-refractivity contribution >= 4 is 23.7 Å². The Bertz CT molecular complexity index is 1100. The van der Waals surface area contributed by atoms with E-state index >= 15 is 0 Å². The monoisotopic (exact) mass is 476 g/mol. The quantitative estimate of drug-likeness (QED) is 0.191. The molecule has 3 rings (SSSR count). The Morgan fingerprint density at radius 1 is 0.618 bits per heavy atom. The van der Waals surface area contributed by atoms with Crippen LogP contribution < -0.4 is 69.3 Å². The van der Waals surface area contributed by atoms with Crippen molar-refractivity contribution in [3.63, 3.8) is 0 Å². The van der Waals surface area contributed by atoms with Gasteiger partial charge in [-0.25, -0.2) is 9.59 Å². The average Bonchev–Trinajstić information content (AvgIpc) is 2.81. The van der Waals surface area contributed by atoms with E-state index in [4.69, 9.17) is 10.2 Å². The zero-order valence-corrected chi connectivity index (χ0v) is 22.8. The minimum absolute atomic E-state index is 0. The van der Waals surface area contributed by atoms with Crippen molar-refractivity contribution in [3.8, 4) is 0 Å². The van der Waals surface area contributed by atoms with E-state index in [1.807, 2.05) is 0 Å². The van der Waals surface area contributed by atoms with Crippen molar-refractivity contribution in [1.29, 1.82) is 0 Å². The molecule has 162 valence electrons. The number of rotatable bonds is 8. The molecule has 0 spiro atoms. The number of carboxylic acid groups (broad SMARTS) is 2. The fourth-order valence-electron chi connectivity index (χ4n) is 2.80. The van der Waals surface area contributed by atoms with Crippen molar-refractivity contribution in [2.75, 3.05) is 0 Å². The van der Waals surface area contributed by atoms with Crippen LogP contribution in [-0.2, 0) is 13.1 Å². The first-order chi connectivity index (χ1) is 15.3. The van der Waals surface area contributed by atoms with Crippen molar-refractivity contribution in [3.05, 3.63) is 106 Å². The molecule has 0 heterocycles. The molecular weight excluding hydrogens is 458 g/mol. The maximum Gasteiger partial charge on any atom is 1.00 e. The van der Waals surface area contributed by atoms with E-state index in [1.165, 1.54) is 30.3 Å². The molecule has 0 radical (unpaired) electrons. The normalized spacial score (nSPS) is 11.2. The first kappa shape index (κ1) is 29.6. The summed E-state index contributed by atoms with van der Waals surface area (Å²) in [5.41, 5.74) is 2.12. The Morgan fingerprint density at radius 3 is 1.29 bits per heavy atom. The van der Waals surface area contributed by atoms with Gasteiger partial charge in [0.1, 0.15) is 0 Å². The second-order valence-electron chi connectivity index (χ2n) is 6.83. The number of nitrogens with zero attached hydrogens (tertiary/aromatic N) is 2. The Morgan fingerprint density at radius 2 is 0.971 bits per heavy atom. The summed E-state index contributed by atoms with van der Waals surface area (Å²) in [6.07, 6.45) is 0. The summed E-state index contributed by atoms with van der Waals surface area (Å²) >= 11 is 0.